The van der Waals surface area contributed by atoms with Crippen molar-refractivity contribution in [3.8, 4) is 0 Å². The number of halogens is 2. The summed E-state index contributed by atoms with van der Waals surface area (Å²) in [4.78, 5) is 10.2. The topological polar surface area (TPSA) is 79.9 Å². The summed E-state index contributed by atoms with van der Waals surface area (Å²) in [5, 5.41) is 22.8. The van der Waals surface area contributed by atoms with Gasteiger partial charge in [-0.3, -0.25) is 10.1 Å². The highest BCUT2D eigenvalue weighted by molar-refractivity contribution is 6.33. The Morgan fingerprint density at radius 1 is 1.07 bits per heavy atom. The Balaban J connectivity index is 1.91. The van der Waals surface area contributed by atoms with Crippen LogP contribution in [0.25, 0.3) is 0 Å². The van der Waals surface area contributed by atoms with Crippen LogP contribution in [-0.4, -0.2) is 22.9 Å². The van der Waals surface area contributed by atoms with Crippen molar-refractivity contribution in [2.45, 2.75) is 51.3 Å². The molecule has 0 aliphatic heterocycles. The molecule has 0 saturated heterocycles. The maximum atomic E-state index is 10.8. The highest BCUT2D eigenvalue weighted by Gasteiger charge is 2.21. The SMILES string of the molecule is CCC(Cl)(CC)CCNCCc1ccc(N=Nc2ccc([N+](=O)[O-])cc2Cl)c(C)c1. The van der Waals surface area contributed by atoms with Crippen molar-refractivity contribution in [3.63, 3.8) is 0 Å². The number of non-ortho nitro benzene ring substituents is 1. The molecule has 0 aliphatic carbocycles. The molecular formula is C22H28Cl2N4O2. The fraction of sp³-hybridized carbons (Fsp3) is 0.455. The van der Waals surface area contributed by atoms with Crippen molar-refractivity contribution in [1.29, 1.82) is 0 Å². The molecule has 2 rings (SSSR count). The van der Waals surface area contributed by atoms with Crippen LogP contribution in [0.3, 0.4) is 0 Å². The van der Waals surface area contributed by atoms with Crippen molar-refractivity contribution < 1.29 is 4.92 Å². The van der Waals surface area contributed by atoms with E-state index in [1.165, 1.54) is 23.8 Å². The minimum atomic E-state index is -0.496. The predicted molar refractivity (Wildman–Crippen MR) is 124 cm³/mol. The average Bonchev–Trinajstić information content (AvgIpc) is 2.73. The Kier molecular flexibility index (Phi) is 9.21. The summed E-state index contributed by atoms with van der Waals surface area (Å²) >= 11 is 12.6. The average molecular weight is 451 g/mol. The van der Waals surface area contributed by atoms with Gasteiger partial charge in [-0.15, -0.1) is 16.7 Å². The lowest BCUT2D eigenvalue weighted by Gasteiger charge is -2.23. The molecule has 0 aromatic heterocycles. The van der Waals surface area contributed by atoms with Gasteiger partial charge in [0.25, 0.3) is 5.69 Å². The number of nitro benzene ring substituents is 1. The van der Waals surface area contributed by atoms with E-state index in [1.54, 1.807) is 0 Å². The number of hydrogen-bond donors (Lipinski definition) is 1. The van der Waals surface area contributed by atoms with E-state index in [1.807, 2.05) is 19.1 Å². The highest BCUT2D eigenvalue weighted by atomic mass is 35.5. The number of nitrogens with zero attached hydrogens (tertiary/aromatic N) is 3. The lowest BCUT2D eigenvalue weighted by atomic mass is 9.98. The molecule has 6 nitrogen and oxygen atoms in total. The van der Waals surface area contributed by atoms with E-state index in [4.69, 9.17) is 23.2 Å². The second-order valence-corrected chi connectivity index (χ2v) is 8.53. The lowest BCUT2D eigenvalue weighted by molar-refractivity contribution is -0.384. The van der Waals surface area contributed by atoms with Crippen molar-refractivity contribution in [2.24, 2.45) is 10.2 Å². The van der Waals surface area contributed by atoms with E-state index in [0.717, 1.165) is 50.0 Å². The van der Waals surface area contributed by atoms with E-state index in [9.17, 15) is 10.1 Å². The van der Waals surface area contributed by atoms with Gasteiger partial charge in [-0.2, -0.15) is 5.11 Å². The standard InChI is InChI=1S/C22H28Cl2N4O2/c1-4-22(24,5-2)11-13-25-12-10-17-6-8-20(16(3)14-17)26-27-21-9-7-18(28(29)30)15-19(21)23/h6-9,14-15,25H,4-5,10-13H2,1-3H3. The second-order valence-electron chi connectivity index (χ2n) is 7.32. The molecule has 0 saturated carbocycles. The van der Waals surface area contributed by atoms with Crippen molar-refractivity contribution in [1.82, 2.24) is 5.32 Å². The Morgan fingerprint density at radius 2 is 1.73 bits per heavy atom. The molecule has 162 valence electrons. The van der Waals surface area contributed by atoms with Crippen LogP contribution >= 0.6 is 23.2 Å². The molecule has 2 aromatic rings. The summed E-state index contributed by atoms with van der Waals surface area (Å²) in [6.45, 7) is 8.04. The molecule has 30 heavy (non-hydrogen) atoms. The van der Waals surface area contributed by atoms with E-state index in [-0.39, 0.29) is 15.6 Å². The summed E-state index contributed by atoms with van der Waals surface area (Å²) < 4.78 is 0. The molecule has 0 aliphatic rings. The van der Waals surface area contributed by atoms with E-state index < -0.39 is 4.92 Å². The Labute approximate surface area is 187 Å². The number of benzene rings is 2. The Hall–Kier alpha value is -2.02. The van der Waals surface area contributed by atoms with Crippen LogP contribution in [0.15, 0.2) is 46.6 Å². The smallest absolute Gasteiger partial charge is 0.271 e. The molecule has 8 heteroatoms. The predicted octanol–water partition coefficient (Wildman–Crippen LogP) is 7.29. The molecule has 0 unspecified atom stereocenters. The van der Waals surface area contributed by atoms with Gasteiger partial charge in [-0.25, -0.2) is 0 Å². The van der Waals surface area contributed by atoms with Gasteiger partial charge < -0.3 is 5.32 Å². The van der Waals surface area contributed by atoms with Gasteiger partial charge in [0.15, 0.2) is 0 Å². The van der Waals surface area contributed by atoms with Gasteiger partial charge >= 0.3 is 0 Å². The summed E-state index contributed by atoms with van der Waals surface area (Å²) in [5.74, 6) is 0. The molecule has 0 heterocycles. The van der Waals surface area contributed by atoms with Crippen LogP contribution in [0, 0.1) is 17.0 Å². The van der Waals surface area contributed by atoms with E-state index in [2.05, 4.69) is 35.5 Å². The van der Waals surface area contributed by atoms with Gasteiger partial charge in [0.2, 0.25) is 0 Å². The molecule has 0 radical (unpaired) electrons. The molecule has 2 aromatic carbocycles. The number of hydrogen-bond acceptors (Lipinski definition) is 5. The number of azo groups is 1. The zero-order valence-corrected chi connectivity index (χ0v) is 19.1. The number of aryl methyl sites for hydroxylation is 1. The van der Waals surface area contributed by atoms with Gasteiger partial charge in [0.1, 0.15) is 5.69 Å². The van der Waals surface area contributed by atoms with Crippen LogP contribution in [-0.2, 0) is 6.42 Å². The van der Waals surface area contributed by atoms with Crippen LogP contribution in [0.5, 0.6) is 0 Å². The van der Waals surface area contributed by atoms with E-state index >= 15 is 0 Å². The third-order valence-electron chi connectivity index (χ3n) is 5.28. The fourth-order valence-electron chi connectivity index (χ4n) is 3.06. The third kappa shape index (κ3) is 7.04. The van der Waals surface area contributed by atoms with Gasteiger partial charge in [0, 0.05) is 17.0 Å². The highest BCUT2D eigenvalue weighted by Crippen LogP contribution is 2.31. The summed E-state index contributed by atoms with van der Waals surface area (Å²) in [5.41, 5.74) is 3.28. The first kappa shape index (κ1) is 24.3. The Morgan fingerprint density at radius 3 is 2.33 bits per heavy atom. The van der Waals surface area contributed by atoms with Crippen LogP contribution in [0.1, 0.15) is 44.2 Å². The monoisotopic (exact) mass is 450 g/mol. The number of nitrogens with one attached hydrogen (secondary N) is 1. The van der Waals surface area contributed by atoms with Crippen molar-refractivity contribution in [2.75, 3.05) is 13.1 Å². The number of nitro groups is 1. The summed E-state index contributed by atoms with van der Waals surface area (Å²) in [6.07, 6.45) is 3.84. The second kappa shape index (κ2) is 11.4. The van der Waals surface area contributed by atoms with Crippen LogP contribution in [0.2, 0.25) is 5.02 Å². The molecular weight excluding hydrogens is 423 g/mol. The number of rotatable bonds is 11. The first-order valence-electron chi connectivity index (χ1n) is 10.1. The summed E-state index contributed by atoms with van der Waals surface area (Å²) in [6, 6.07) is 10.2. The fourth-order valence-corrected chi connectivity index (χ4v) is 3.36. The Bertz CT molecular complexity index is 899. The minimum absolute atomic E-state index is 0.0748. The summed E-state index contributed by atoms with van der Waals surface area (Å²) in [7, 11) is 0. The maximum Gasteiger partial charge on any atom is 0.271 e. The molecule has 0 atom stereocenters. The molecule has 0 spiro atoms. The van der Waals surface area contributed by atoms with E-state index in [0.29, 0.717) is 5.69 Å². The van der Waals surface area contributed by atoms with Gasteiger partial charge in [-0.1, -0.05) is 37.6 Å². The minimum Gasteiger partial charge on any atom is -0.316 e. The lowest BCUT2D eigenvalue weighted by Crippen LogP contribution is -2.27. The van der Waals surface area contributed by atoms with Gasteiger partial charge in [-0.05, 0) is 69.0 Å². The normalized spacial score (nSPS) is 11.9. The first-order valence-corrected chi connectivity index (χ1v) is 10.9. The van der Waals surface area contributed by atoms with Crippen LogP contribution < -0.4 is 5.32 Å². The third-order valence-corrected chi connectivity index (χ3v) is 6.30. The van der Waals surface area contributed by atoms with Crippen molar-refractivity contribution >= 4 is 40.3 Å². The molecule has 1 N–H and O–H groups in total. The first-order chi connectivity index (χ1) is 14.3. The quantitative estimate of drug-likeness (QED) is 0.128. The molecule has 0 fully saturated rings. The maximum absolute atomic E-state index is 10.8. The molecule has 0 amide bonds. The molecule has 0 bridgehead atoms. The van der Waals surface area contributed by atoms with Crippen LogP contribution in [0.4, 0.5) is 17.1 Å². The zero-order chi connectivity index (χ0) is 22.1. The largest absolute Gasteiger partial charge is 0.316 e. The van der Waals surface area contributed by atoms with Crippen molar-refractivity contribution in [3.05, 3.63) is 62.7 Å². The zero-order valence-electron chi connectivity index (χ0n) is 17.6. The number of alkyl halides is 1. The van der Waals surface area contributed by atoms with Gasteiger partial charge in [0.05, 0.1) is 15.6 Å².